The number of rotatable bonds is 28. The van der Waals surface area contributed by atoms with Crippen molar-refractivity contribution in [3.8, 4) is 0 Å². The maximum absolute atomic E-state index is 12.1. The number of hydrogen-bond acceptors (Lipinski definition) is 5. The molecule has 230 valence electrons. The molecule has 0 saturated heterocycles. The fourth-order valence-corrected chi connectivity index (χ4v) is 4.19. The van der Waals surface area contributed by atoms with Crippen LogP contribution in [0.2, 0.25) is 0 Å². The van der Waals surface area contributed by atoms with Gasteiger partial charge in [-0.05, 0) is 51.4 Å². The number of aliphatic hydroxyl groups excluding tert-OH is 1. The molecule has 5 heteroatoms. The summed E-state index contributed by atoms with van der Waals surface area (Å²) in [7, 11) is 0. The summed E-state index contributed by atoms with van der Waals surface area (Å²) < 4.78 is 10.5. The number of allylic oxidation sites excluding steroid dienone is 8. The van der Waals surface area contributed by atoms with Gasteiger partial charge in [-0.3, -0.25) is 9.59 Å². The van der Waals surface area contributed by atoms with Gasteiger partial charge < -0.3 is 14.6 Å². The highest BCUT2D eigenvalue weighted by Crippen LogP contribution is 2.11. The Bertz CT molecular complexity index is 692. The Morgan fingerprint density at radius 1 is 0.600 bits per heavy atom. The van der Waals surface area contributed by atoms with Gasteiger partial charge in [-0.1, -0.05) is 127 Å². The Labute approximate surface area is 246 Å². The predicted molar refractivity (Wildman–Crippen MR) is 168 cm³/mol. The molecule has 1 atom stereocenters. The zero-order chi connectivity index (χ0) is 29.4. The molecule has 0 bridgehead atoms. The molecule has 0 aromatic rings. The van der Waals surface area contributed by atoms with Crippen molar-refractivity contribution >= 4 is 11.9 Å². The van der Waals surface area contributed by atoms with Crippen molar-refractivity contribution in [1.29, 1.82) is 0 Å². The van der Waals surface area contributed by atoms with E-state index in [1.165, 1.54) is 44.9 Å². The first kappa shape index (κ1) is 37.9. The summed E-state index contributed by atoms with van der Waals surface area (Å²) >= 11 is 0. The summed E-state index contributed by atoms with van der Waals surface area (Å²) in [6.07, 6.45) is 37.4. The molecule has 0 aliphatic carbocycles. The lowest BCUT2D eigenvalue weighted by Crippen LogP contribution is -2.28. The number of hydrogen-bond donors (Lipinski definition) is 1. The standard InChI is InChI=1S/C35H60O5/c1-3-5-7-9-11-12-13-14-15-16-17-18-19-20-21-22-24-26-28-30-35(38)40-33(31-36)32-39-34(37)29-27-25-23-10-8-6-4-2/h5,7,11-12,14-15,17-18,33,36H,3-4,6,8-10,13,16,19-32H2,1-2H3/b7-5-,12-11-,15-14-,18-17-. The fraction of sp³-hybridized carbons (Fsp3) is 0.714. The zero-order valence-electron chi connectivity index (χ0n) is 25.8. The number of aliphatic hydroxyl groups is 1. The van der Waals surface area contributed by atoms with Gasteiger partial charge >= 0.3 is 11.9 Å². The van der Waals surface area contributed by atoms with Crippen molar-refractivity contribution in [1.82, 2.24) is 0 Å². The van der Waals surface area contributed by atoms with Gasteiger partial charge in [-0.25, -0.2) is 0 Å². The van der Waals surface area contributed by atoms with E-state index in [2.05, 4.69) is 62.5 Å². The maximum atomic E-state index is 12.1. The van der Waals surface area contributed by atoms with E-state index in [9.17, 15) is 14.7 Å². The molecule has 0 aliphatic heterocycles. The first-order chi connectivity index (χ1) is 19.6. The van der Waals surface area contributed by atoms with E-state index in [1.807, 2.05) is 0 Å². The van der Waals surface area contributed by atoms with Crippen molar-refractivity contribution in [3.63, 3.8) is 0 Å². The Kier molecular flexibility index (Phi) is 29.7. The van der Waals surface area contributed by atoms with Gasteiger partial charge in [0.15, 0.2) is 6.10 Å². The second-order valence-electron chi connectivity index (χ2n) is 10.5. The number of ether oxygens (including phenoxy) is 2. The van der Waals surface area contributed by atoms with Crippen molar-refractivity contribution in [2.45, 2.75) is 148 Å². The third-order valence-corrected chi connectivity index (χ3v) is 6.64. The van der Waals surface area contributed by atoms with Gasteiger partial charge in [-0.2, -0.15) is 0 Å². The summed E-state index contributed by atoms with van der Waals surface area (Å²) in [5.41, 5.74) is 0. The smallest absolute Gasteiger partial charge is 0.306 e. The van der Waals surface area contributed by atoms with E-state index < -0.39 is 6.10 Å². The van der Waals surface area contributed by atoms with Gasteiger partial charge in [0.05, 0.1) is 6.61 Å². The van der Waals surface area contributed by atoms with E-state index in [-0.39, 0.29) is 25.2 Å². The molecule has 0 aromatic carbocycles. The van der Waals surface area contributed by atoms with Crippen LogP contribution in [0, 0.1) is 0 Å². The van der Waals surface area contributed by atoms with Crippen LogP contribution in [0.15, 0.2) is 48.6 Å². The Balaban J connectivity index is 3.62. The van der Waals surface area contributed by atoms with E-state index in [0.29, 0.717) is 12.8 Å². The van der Waals surface area contributed by atoms with E-state index in [0.717, 1.165) is 70.6 Å². The first-order valence-electron chi connectivity index (χ1n) is 16.2. The minimum atomic E-state index is -0.774. The van der Waals surface area contributed by atoms with Crippen LogP contribution < -0.4 is 0 Å². The molecule has 0 spiro atoms. The van der Waals surface area contributed by atoms with E-state index >= 15 is 0 Å². The third-order valence-electron chi connectivity index (χ3n) is 6.64. The molecule has 1 N–H and O–H groups in total. The molecule has 0 radical (unpaired) electrons. The third kappa shape index (κ3) is 28.9. The zero-order valence-corrected chi connectivity index (χ0v) is 25.8. The molecule has 0 saturated carbocycles. The largest absolute Gasteiger partial charge is 0.462 e. The van der Waals surface area contributed by atoms with Crippen molar-refractivity contribution in [2.75, 3.05) is 13.2 Å². The lowest BCUT2D eigenvalue weighted by molar-refractivity contribution is -0.161. The van der Waals surface area contributed by atoms with Crippen molar-refractivity contribution < 1.29 is 24.2 Å². The highest BCUT2D eigenvalue weighted by Gasteiger charge is 2.16. The summed E-state index contributed by atoms with van der Waals surface area (Å²) in [5, 5.41) is 9.46. The summed E-state index contributed by atoms with van der Waals surface area (Å²) in [5.74, 6) is -0.619. The quantitative estimate of drug-likeness (QED) is 0.0586. The molecular weight excluding hydrogens is 500 g/mol. The van der Waals surface area contributed by atoms with Gasteiger partial charge in [-0.15, -0.1) is 0 Å². The van der Waals surface area contributed by atoms with Crippen molar-refractivity contribution in [3.05, 3.63) is 48.6 Å². The van der Waals surface area contributed by atoms with Crippen LogP contribution in [0.5, 0.6) is 0 Å². The lowest BCUT2D eigenvalue weighted by atomic mass is 10.1. The molecule has 0 rings (SSSR count). The number of carbonyl (C=O) groups is 2. The highest BCUT2D eigenvalue weighted by atomic mass is 16.6. The molecule has 0 aromatic heterocycles. The molecule has 40 heavy (non-hydrogen) atoms. The lowest BCUT2D eigenvalue weighted by Gasteiger charge is -2.15. The van der Waals surface area contributed by atoms with Crippen LogP contribution in [-0.4, -0.2) is 36.4 Å². The maximum Gasteiger partial charge on any atom is 0.306 e. The number of carbonyl (C=O) groups excluding carboxylic acids is 2. The number of esters is 2. The minimum absolute atomic E-state index is 0.0726. The molecule has 0 fully saturated rings. The summed E-state index contributed by atoms with van der Waals surface area (Å²) in [6, 6.07) is 0. The molecule has 5 nitrogen and oxygen atoms in total. The Hall–Kier alpha value is -2.14. The normalized spacial score (nSPS) is 12.8. The van der Waals surface area contributed by atoms with Crippen LogP contribution in [0.1, 0.15) is 142 Å². The topological polar surface area (TPSA) is 72.8 Å². The van der Waals surface area contributed by atoms with Gasteiger partial charge in [0, 0.05) is 12.8 Å². The number of unbranched alkanes of at least 4 members (excludes halogenated alkanes) is 12. The van der Waals surface area contributed by atoms with E-state index in [4.69, 9.17) is 9.47 Å². The van der Waals surface area contributed by atoms with Crippen molar-refractivity contribution in [2.24, 2.45) is 0 Å². The minimum Gasteiger partial charge on any atom is -0.462 e. The molecule has 0 aliphatic rings. The van der Waals surface area contributed by atoms with Gasteiger partial charge in [0.25, 0.3) is 0 Å². The summed E-state index contributed by atoms with van der Waals surface area (Å²) in [6.45, 7) is 3.94. The fourth-order valence-electron chi connectivity index (χ4n) is 4.19. The van der Waals surface area contributed by atoms with Crippen LogP contribution in [0.4, 0.5) is 0 Å². The Morgan fingerprint density at radius 2 is 1.07 bits per heavy atom. The molecular formula is C35H60O5. The average molecular weight is 561 g/mol. The molecule has 0 heterocycles. The average Bonchev–Trinajstić information content (AvgIpc) is 2.96. The Morgan fingerprint density at radius 3 is 1.62 bits per heavy atom. The summed E-state index contributed by atoms with van der Waals surface area (Å²) in [4.78, 5) is 24.0. The first-order valence-corrected chi connectivity index (χ1v) is 16.2. The van der Waals surface area contributed by atoms with Gasteiger partial charge in [0.1, 0.15) is 6.61 Å². The van der Waals surface area contributed by atoms with Crippen LogP contribution >= 0.6 is 0 Å². The second-order valence-corrected chi connectivity index (χ2v) is 10.5. The highest BCUT2D eigenvalue weighted by molar-refractivity contribution is 5.70. The van der Waals surface area contributed by atoms with Crippen LogP contribution in [-0.2, 0) is 19.1 Å². The van der Waals surface area contributed by atoms with Crippen LogP contribution in [0.3, 0.4) is 0 Å². The van der Waals surface area contributed by atoms with Crippen LogP contribution in [0.25, 0.3) is 0 Å². The molecule has 1 unspecified atom stereocenters. The van der Waals surface area contributed by atoms with Gasteiger partial charge in [0.2, 0.25) is 0 Å². The second kappa shape index (κ2) is 31.4. The molecule has 0 amide bonds. The van der Waals surface area contributed by atoms with E-state index in [1.54, 1.807) is 0 Å². The SMILES string of the molecule is CC/C=C\C/C=C\C/C=C\C/C=C\CCCCCCCCC(=O)OC(CO)COC(=O)CCCCCCCCC. The monoisotopic (exact) mass is 560 g/mol. The predicted octanol–water partition coefficient (Wildman–Crippen LogP) is 9.50.